The first kappa shape index (κ1) is 12.3. The second-order valence-electron chi connectivity index (χ2n) is 4.52. The molecule has 100 valence electrons. The fourth-order valence-electron chi connectivity index (χ4n) is 2.09. The van der Waals surface area contributed by atoms with Crippen molar-refractivity contribution in [3.05, 3.63) is 64.7 Å². The van der Waals surface area contributed by atoms with E-state index in [1.807, 2.05) is 30.3 Å². The number of pyridine rings is 1. The van der Waals surface area contributed by atoms with Crippen LogP contribution in [0.4, 0.5) is 5.69 Å². The van der Waals surface area contributed by atoms with E-state index in [0.717, 1.165) is 16.5 Å². The lowest BCUT2D eigenvalue weighted by Gasteiger charge is -2.06. The van der Waals surface area contributed by atoms with E-state index in [2.05, 4.69) is 15.4 Å². The van der Waals surface area contributed by atoms with Gasteiger partial charge in [0.15, 0.2) is 0 Å². The van der Waals surface area contributed by atoms with Gasteiger partial charge in [-0.25, -0.2) is 4.68 Å². The summed E-state index contributed by atoms with van der Waals surface area (Å²) in [5.41, 5.74) is 2.57. The van der Waals surface area contributed by atoms with Crippen molar-refractivity contribution < 1.29 is 0 Å². The van der Waals surface area contributed by atoms with Crippen molar-refractivity contribution >= 4 is 16.6 Å². The number of aromatic nitrogens is 3. The van der Waals surface area contributed by atoms with E-state index in [4.69, 9.17) is 0 Å². The van der Waals surface area contributed by atoms with Crippen LogP contribution in [-0.2, 0) is 6.54 Å². The largest absolute Gasteiger partial charge is 0.387 e. The van der Waals surface area contributed by atoms with E-state index in [9.17, 15) is 4.79 Å². The van der Waals surface area contributed by atoms with E-state index in [-0.39, 0.29) is 5.56 Å². The van der Waals surface area contributed by atoms with Gasteiger partial charge in [-0.1, -0.05) is 12.1 Å². The van der Waals surface area contributed by atoms with Crippen LogP contribution in [0.25, 0.3) is 10.9 Å². The molecule has 0 aliphatic carbocycles. The Morgan fingerprint density at radius 3 is 2.95 bits per heavy atom. The Hall–Kier alpha value is -2.69. The van der Waals surface area contributed by atoms with Crippen molar-refractivity contribution in [2.45, 2.75) is 6.54 Å². The molecular formula is C15H14N4O. The van der Waals surface area contributed by atoms with Gasteiger partial charge in [-0.05, 0) is 23.8 Å². The summed E-state index contributed by atoms with van der Waals surface area (Å²) in [6.07, 6.45) is 3.41. The minimum absolute atomic E-state index is 0.122. The van der Waals surface area contributed by atoms with Crippen molar-refractivity contribution in [3.8, 4) is 0 Å². The summed E-state index contributed by atoms with van der Waals surface area (Å²) in [5, 5.41) is 8.11. The van der Waals surface area contributed by atoms with Crippen LogP contribution in [0.3, 0.4) is 0 Å². The van der Waals surface area contributed by atoms with Crippen molar-refractivity contribution in [2.24, 2.45) is 0 Å². The van der Waals surface area contributed by atoms with Crippen LogP contribution in [-0.4, -0.2) is 21.8 Å². The zero-order valence-corrected chi connectivity index (χ0v) is 11.1. The monoisotopic (exact) mass is 266 g/mol. The molecule has 0 aliphatic rings. The van der Waals surface area contributed by atoms with E-state index in [0.29, 0.717) is 12.2 Å². The van der Waals surface area contributed by atoms with Crippen LogP contribution in [0.1, 0.15) is 5.56 Å². The topological polar surface area (TPSA) is 59.8 Å². The Kier molecular flexibility index (Phi) is 3.16. The number of nitrogens with zero attached hydrogens (tertiary/aromatic N) is 3. The number of fused-ring (bicyclic) bond motifs is 1. The average molecular weight is 266 g/mol. The van der Waals surface area contributed by atoms with Crippen LogP contribution in [0, 0.1) is 0 Å². The molecule has 5 nitrogen and oxygen atoms in total. The molecule has 0 radical (unpaired) electrons. The van der Waals surface area contributed by atoms with Gasteiger partial charge in [0, 0.05) is 24.7 Å². The molecule has 0 spiro atoms. The van der Waals surface area contributed by atoms with E-state index in [1.54, 1.807) is 19.4 Å². The standard InChI is InChI=1S/C15H14N4O/c1-16-13-8-15(20)19(18-9-13)10-11-4-5-14-12(7-11)3-2-6-17-14/h2-9,16H,10H2,1H3. The molecule has 0 unspecified atom stereocenters. The number of hydrogen-bond acceptors (Lipinski definition) is 4. The van der Waals surface area contributed by atoms with Crippen molar-refractivity contribution in [3.63, 3.8) is 0 Å². The van der Waals surface area contributed by atoms with Gasteiger partial charge in [0.1, 0.15) is 0 Å². The molecule has 0 fully saturated rings. The summed E-state index contributed by atoms with van der Waals surface area (Å²) < 4.78 is 1.44. The van der Waals surface area contributed by atoms with E-state index >= 15 is 0 Å². The lowest BCUT2D eigenvalue weighted by Crippen LogP contribution is -2.22. The molecule has 2 heterocycles. The minimum Gasteiger partial charge on any atom is -0.387 e. The molecule has 3 rings (SSSR count). The fourth-order valence-corrected chi connectivity index (χ4v) is 2.09. The highest BCUT2D eigenvalue weighted by atomic mass is 16.1. The third-order valence-corrected chi connectivity index (χ3v) is 3.16. The Labute approximate surface area is 115 Å². The Bertz CT molecular complexity index is 810. The molecule has 0 saturated carbocycles. The molecule has 1 aromatic carbocycles. The summed E-state index contributed by atoms with van der Waals surface area (Å²) in [5.74, 6) is 0. The number of nitrogens with one attached hydrogen (secondary N) is 1. The quantitative estimate of drug-likeness (QED) is 0.786. The van der Waals surface area contributed by atoms with Crippen molar-refractivity contribution in [2.75, 3.05) is 12.4 Å². The maximum Gasteiger partial charge on any atom is 0.269 e. The number of hydrogen-bond donors (Lipinski definition) is 1. The molecule has 20 heavy (non-hydrogen) atoms. The molecule has 2 aromatic heterocycles. The molecular weight excluding hydrogens is 252 g/mol. The van der Waals surface area contributed by atoms with Crippen molar-refractivity contribution in [1.82, 2.24) is 14.8 Å². The number of anilines is 1. The number of rotatable bonds is 3. The van der Waals surface area contributed by atoms with Gasteiger partial charge in [0.2, 0.25) is 0 Å². The molecule has 3 aromatic rings. The highest BCUT2D eigenvalue weighted by Crippen LogP contribution is 2.13. The number of benzene rings is 1. The zero-order chi connectivity index (χ0) is 13.9. The van der Waals surface area contributed by atoms with Crippen LogP contribution in [0.15, 0.2) is 53.6 Å². The summed E-state index contributed by atoms with van der Waals surface area (Å²) in [6.45, 7) is 0.452. The van der Waals surface area contributed by atoms with Gasteiger partial charge >= 0.3 is 0 Å². The summed E-state index contributed by atoms with van der Waals surface area (Å²) in [6, 6.07) is 11.4. The molecule has 0 amide bonds. The zero-order valence-electron chi connectivity index (χ0n) is 11.1. The molecule has 0 saturated heterocycles. The smallest absolute Gasteiger partial charge is 0.269 e. The second kappa shape index (κ2) is 5.13. The minimum atomic E-state index is -0.122. The summed E-state index contributed by atoms with van der Waals surface area (Å²) in [7, 11) is 1.76. The maximum atomic E-state index is 11.9. The molecule has 0 atom stereocenters. The first-order valence-corrected chi connectivity index (χ1v) is 6.35. The SMILES string of the molecule is CNc1cnn(Cc2ccc3ncccc3c2)c(=O)c1. The fraction of sp³-hybridized carbons (Fsp3) is 0.133. The normalized spacial score (nSPS) is 10.7. The van der Waals surface area contributed by atoms with E-state index in [1.165, 1.54) is 10.7 Å². The summed E-state index contributed by atoms with van der Waals surface area (Å²) in [4.78, 5) is 16.2. The lowest BCUT2D eigenvalue weighted by molar-refractivity contribution is 0.640. The first-order chi connectivity index (χ1) is 9.76. The van der Waals surface area contributed by atoms with Gasteiger partial charge < -0.3 is 5.32 Å². The van der Waals surface area contributed by atoms with Crippen LogP contribution >= 0.6 is 0 Å². The van der Waals surface area contributed by atoms with E-state index < -0.39 is 0 Å². The van der Waals surface area contributed by atoms with Gasteiger partial charge in [-0.3, -0.25) is 9.78 Å². The summed E-state index contributed by atoms with van der Waals surface area (Å²) >= 11 is 0. The predicted molar refractivity (Wildman–Crippen MR) is 78.9 cm³/mol. The third-order valence-electron chi connectivity index (χ3n) is 3.16. The predicted octanol–water partition coefficient (Wildman–Crippen LogP) is 1.88. The highest BCUT2D eigenvalue weighted by Gasteiger charge is 2.02. The lowest BCUT2D eigenvalue weighted by atomic mass is 10.1. The highest BCUT2D eigenvalue weighted by molar-refractivity contribution is 5.78. The van der Waals surface area contributed by atoms with Gasteiger partial charge in [0.25, 0.3) is 5.56 Å². The molecule has 5 heteroatoms. The Balaban J connectivity index is 1.94. The van der Waals surface area contributed by atoms with Crippen LogP contribution in [0.2, 0.25) is 0 Å². The average Bonchev–Trinajstić information content (AvgIpc) is 2.49. The van der Waals surface area contributed by atoms with Gasteiger partial charge in [-0.2, -0.15) is 5.10 Å². The Morgan fingerprint density at radius 1 is 1.25 bits per heavy atom. The van der Waals surface area contributed by atoms with Gasteiger partial charge in [-0.15, -0.1) is 0 Å². The maximum absolute atomic E-state index is 11.9. The van der Waals surface area contributed by atoms with Crippen LogP contribution in [0.5, 0.6) is 0 Å². The first-order valence-electron chi connectivity index (χ1n) is 6.35. The van der Waals surface area contributed by atoms with Crippen molar-refractivity contribution in [1.29, 1.82) is 0 Å². The van der Waals surface area contributed by atoms with Gasteiger partial charge in [0.05, 0.1) is 23.9 Å². The molecule has 0 aliphatic heterocycles. The molecule has 1 N–H and O–H groups in total. The second-order valence-corrected chi connectivity index (χ2v) is 4.52. The van der Waals surface area contributed by atoms with Crippen LogP contribution < -0.4 is 10.9 Å². The third kappa shape index (κ3) is 2.38. The Morgan fingerprint density at radius 2 is 2.15 bits per heavy atom. The molecule has 0 bridgehead atoms.